The first kappa shape index (κ1) is 16.6. The van der Waals surface area contributed by atoms with Gasteiger partial charge >= 0.3 is 0 Å². The SMILES string of the molecule is Cn1cc(C(=O)N2CCN(C(=O)C3CCC3)[C@@H]3CS(=O)(=O)C[C@@H]32)cn1. The molecule has 0 N–H and O–H groups in total. The van der Waals surface area contributed by atoms with E-state index in [-0.39, 0.29) is 29.2 Å². The zero-order valence-electron chi connectivity index (χ0n) is 14.2. The van der Waals surface area contributed by atoms with E-state index in [1.165, 1.54) is 6.20 Å². The fourth-order valence-corrected chi connectivity index (χ4v) is 6.05. The van der Waals surface area contributed by atoms with Gasteiger partial charge in [-0.05, 0) is 12.8 Å². The van der Waals surface area contributed by atoms with Gasteiger partial charge in [0.15, 0.2) is 9.84 Å². The van der Waals surface area contributed by atoms with Crippen molar-refractivity contribution in [3.8, 4) is 0 Å². The van der Waals surface area contributed by atoms with Crippen molar-refractivity contribution in [2.75, 3.05) is 24.6 Å². The predicted octanol–water partition coefficient (Wildman–Crippen LogP) is -0.330. The Bertz CT molecular complexity index is 814. The van der Waals surface area contributed by atoms with Crippen LogP contribution in [0.2, 0.25) is 0 Å². The van der Waals surface area contributed by atoms with Crippen molar-refractivity contribution in [3.63, 3.8) is 0 Å². The highest BCUT2D eigenvalue weighted by atomic mass is 32.2. The maximum atomic E-state index is 12.8. The molecule has 0 bridgehead atoms. The number of sulfone groups is 1. The molecule has 2 amide bonds. The lowest BCUT2D eigenvalue weighted by Gasteiger charge is -2.45. The summed E-state index contributed by atoms with van der Waals surface area (Å²) >= 11 is 0. The van der Waals surface area contributed by atoms with E-state index in [2.05, 4.69) is 5.10 Å². The molecule has 136 valence electrons. The summed E-state index contributed by atoms with van der Waals surface area (Å²) in [6.45, 7) is 0.765. The van der Waals surface area contributed by atoms with E-state index >= 15 is 0 Å². The van der Waals surface area contributed by atoms with Crippen molar-refractivity contribution in [2.45, 2.75) is 31.3 Å². The number of carbonyl (C=O) groups is 2. The fraction of sp³-hybridized carbons (Fsp3) is 0.688. The van der Waals surface area contributed by atoms with Crippen LogP contribution in [0.5, 0.6) is 0 Å². The predicted molar refractivity (Wildman–Crippen MR) is 89.5 cm³/mol. The number of carbonyl (C=O) groups excluding carboxylic acids is 2. The number of fused-ring (bicyclic) bond motifs is 1. The van der Waals surface area contributed by atoms with Gasteiger partial charge in [-0.2, -0.15) is 5.10 Å². The molecular formula is C16H22N4O4S. The van der Waals surface area contributed by atoms with Crippen LogP contribution in [0.15, 0.2) is 12.4 Å². The van der Waals surface area contributed by atoms with Gasteiger partial charge in [-0.25, -0.2) is 8.42 Å². The van der Waals surface area contributed by atoms with Crippen LogP contribution in [0.3, 0.4) is 0 Å². The summed E-state index contributed by atoms with van der Waals surface area (Å²) in [5.74, 6) is -0.238. The van der Waals surface area contributed by atoms with Crippen molar-refractivity contribution in [1.82, 2.24) is 19.6 Å². The first-order chi connectivity index (χ1) is 11.9. The van der Waals surface area contributed by atoms with Crippen LogP contribution in [0.1, 0.15) is 29.6 Å². The molecule has 8 nitrogen and oxygen atoms in total. The van der Waals surface area contributed by atoms with Gasteiger partial charge in [0.25, 0.3) is 5.91 Å². The molecule has 3 heterocycles. The third-order valence-electron chi connectivity index (χ3n) is 5.63. The zero-order chi connectivity index (χ0) is 17.8. The van der Waals surface area contributed by atoms with Gasteiger partial charge < -0.3 is 9.80 Å². The molecule has 2 aliphatic heterocycles. The van der Waals surface area contributed by atoms with Crippen LogP contribution in [-0.2, 0) is 21.7 Å². The molecule has 0 spiro atoms. The second-order valence-electron chi connectivity index (χ2n) is 7.27. The summed E-state index contributed by atoms with van der Waals surface area (Å²) in [7, 11) is -1.53. The quantitative estimate of drug-likeness (QED) is 0.715. The molecule has 25 heavy (non-hydrogen) atoms. The fourth-order valence-electron chi connectivity index (χ4n) is 4.07. The molecule has 2 atom stereocenters. The molecule has 1 aliphatic carbocycles. The number of aromatic nitrogens is 2. The Balaban J connectivity index is 1.60. The Morgan fingerprint density at radius 2 is 1.76 bits per heavy atom. The smallest absolute Gasteiger partial charge is 0.257 e. The summed E-state index contributed by atoms with van der Waals surface area (Å²) in [4.78, 5) is 28.9. The monoisotopic (exact) mass is 366 g/mol. The van der Waals surface area contributed by atoms with Crippen LogP contribution >= 0.6 is 0 Å². The lowest BCUT2D eigenvalue weighted by Crippen LogP contribution is -2.63. The highest BCUT2D eigenvalue weighted by molar-refractivity contribution is 7.91. The van der Waals surface area contributed by atoms with Crippen molar-refractivity contribution in [3.05, 3.63) is 18.0 Å². The van der Waals surface area contributed by atoms with Crippen molar-refractivity contribution in [1.29, 1.82) is 0 Å². The van der Waals surface area contributed by atoms with Gasteiger partial charge in [-0.3, -0.25) is 14.3 Å². The largest absolute Gasteiger partial charge is 0.335 e. The van der Waals surface area contributed by atoms with Crippen LogP contribution in [0, 0.1) is 5.92 Å². The average Bonchev–Trinajstić information content (AvgIpc) is 3.05. The van der Waals surface area contributed by atoms with E-state index in [9.17, 15) is 18.0 Å². The summed E-state index contributed by atoms with van der Waals surface area (Å²) < 4.78 is 26.0. The van der Waals surface area contributed by atoms with Crippen LogP contribution in [-0.4, -0.2) is 76.5 Å². The van der Waals surface area contributed by atoms with E-state index in [0.29, 0.717) is 18.7 Å². The van der Waals surface area contributed by atoms with E-state index in [0.717, 1.165) is 19.3 Å². The van der Waals surface area contributed by atoms with E-state index in [1.807, 2.05) is 0 Å². The molecule has 0 aromatic carbocycles. The van der Waals surface area contributed by atoms with E-state index in [1.54, 1.807) is 27.7 Å². The number of amides is 2. The molecule has 9 heteroatoms. The van der Waals surface area contributed by atoms with Crippen LogP contribution < -0.4 is 0 Å². The van der Waals surface area contributed by atoms with Crippen LogP contribution in [0.25, 0.3) is 0 Å². The van der Waals surface area contributed by atoms with Crippen molar-refractivity contribution >= 4 is 21.7 Å². The summed E-state index contributed by atoms with van der Waals surface area (Å²) in [6.07, 6.45) is 5.96. The molecule has 1 aromatic rings. The molecule has 3 aliphatic rings. The third-order valence-corrected chi connectivity index (χ3v) is 7.32. The van der Waals surface area contributed by atoms with Crippen LogP contribution in [0.4, 0.5) is 0 Å². The van der Waals surface area contributed by atoms with Gasteiger partial charge in [0.2, 0.25) is 5.91 Å². The first-order valence-corrected chi connectivity index (χ1v) is 10.5. The minimum atomic E-state index is -3.26. The Hall–Kier alpha value is -1.90. The molecule has 3 fully saturated rings. The molecule has 0 unspecified atom stereocenters. The van der Waals surface area contributed by atoms with Gasteiger partial charge in [0, 0.05) is 32.3 Å². The molecule has 0 radical (unpaired) electrons. The first-order valence-electron chi connectivity index (χ1n) is 8.66. The Morgan fingerprint density at radius 1 is 1.12 bits per heavy atom. The maximum Gasteiger partial charge on any atom is 0.257 e. The molecular weight excluding hydrogens is 344 g/mol. The summed E-state index contributed by atoms with van der Waals surface area (Å²) in [5.41, 5.74) is 0.448. The number of aryl methyl sites for hydroxylation is 1. The number of hydrogen-bond acceptors (Lipinski definition) is 5. The zero-order valence-corrected chi connectivity index (χ0v) is 15.0. The van der Waals surface area contributed by atoms with Crippen molar-refractivity contribution in [2.24, 2.45) is 13.0 Å². The Morgan fingerprint density at radius 3 is 2.32 bits per heavy atom. The molecule has 4 rings (SSSR count). The topological polar surface area (TPSA) is 92.6 Å². The number of rotatable bonds is 2. The second kappa shape index (κ2) is 5.82. The summed E-state index contributed by atoms with van der Waals surface area (Å²) in [5, 5.41) is 4.02. The van der Waals surface area contributed by atoms with Gasteiger partial charge in [-0.15, -0.1) is 0 Å². The standard InChI is InChI=1S/C16H22N4O4S/c1-18-8-12(7-17-18)16(22)20-6-5-19(15(21)11-3-2-4-11)13-9-25(23,24)10-14(13)20/h7-8,11,13-14H,2-6,9-10H2,1H3/t13-,14+/m1/s1. The van der Waals surface area contributed by atoms with Gasteiger partial charge in [0.05, 0.1) is 35.3 Å². The highest BCUT2D eigenvalue weighted by Crippen LogP contribution is 2.33. The lowest BCUT2D eigenvalue weighted by atomic mass is 9.83. The molecule has 1 saturated carbocycles. The van der Waals surface area contributed by atoms with E-state index < -0.39 is 21.9 Å². The lowest BCUT2D eigenvalue weighted by molar-refractivity contribution is -0.143. The van der Waals surface area contributed by atoms with Gasteiger partial charge in [0.1, 0.15) is 0 Å². The normalized spacial score (nSPS) is 28.5. The number of piperazine rings is 1. The number of hydrogen-bond donors (Lipinski definition) is 0. The summed E-state index contributed by atoms with van der Waals surface area (Å²) in [6, 6.07) is -0.886. The minimum Gasteiger partial charge on any atom is -0.335 e. The van der Waals surface area contributed by atoms with Crippen molar-refractivity contribution < 1.29 is 18.0 Å². The molecule has 1 aromatic heterocycles. The Labute approximate surface area is 146 Å². The highest BCUT2D eigenvalue weighted by Gasteiger charge is 2.50. The third kappa shape index (κ3) is 2.84. The van der Waals surface area contributed by atoms with E-state index in [4.69, 9.17) is 0 Å². The maximum absolute atomic E-state index is 12.8. The van der Waals surface area contributed by atoms with Gasteiger partial charge in [-0.1, -0.05) is 6.42 Å². The second-order valence-corrected chi connectivity index (χ2v) is 9.43. The minimum absolute atomic E-state index is 0.0320. The average molecular weight is 366 g/mol. The Kier molecular flexibility index (Phi) is 3.86. The number of nitrogens with zero attached hydrogens (tertiary/aromatic N) is 4. The molecule has 2 saturated heterocycles.